The van der Waals surface area contributed by atoms with Crippen LogP contribution >= 0.6 is 0 Å². The van der Waals surface area contributed by atoms with Crippen LogP contribution in [0.3, 0.4) is 0 Å². The number of hydrogen-bond donors (Lipinski definition) is 1. The lowest BCUT2D eigenvalue weighted by molar-refractivity contribution is 0.185. The second-order valence-electron chi connectivity index (χ2n) is 7.77. The molecule has 0 spiro atoms. The van der Waals surface area contributed by atoms with Gasteiger partial charge in [0.2, 0.25) is 0 Å². The summed E-state index contributed by atoms with van der Waals surface area (Å²) in [4.78, 5) is 5.08. The zero-order chi connectivity index (χ0) is 18.7. The van der Waals surface area contributed by atoms with Crippen molar-refractivity contribution < 1.29 is 9.47 Å². The van der Waals surface area contributed by atoms with Crippen LogP contribution in [0.5, 0.6) is 0 Å². The molecular formula is C21H33N3O2. The SMILES string of the molecule is COCCCn1cc(COC)c2c(C(C)C)nc(C(C)NC3CC3)cc21. The molecule has 1 N–H and O–H groups in total. The molecule has 0 bridgehead atoms. The highest BCUT2D eigenvalue weighted by molar-refractivity contribution is 5.87. The molecule has 5 heteroatoms. The molecule has 0 radical (unpaired) electrons. The van der Waals surface area contributed by atoms with Crippen LogP contribution in [-0.4, -0.2) is 36.4 Å². The minimum atomic E-state index is 0.276. The number of ether oxygens (including phenoxy) is 2. The Balaban J connectivity index is 2.05. The van der Waals surface area contributed by atoms with Crippen LogP contribution in [0, 0.1) is 0 Å². The molecule has 2 aromatic rings. The van der Waals surface area contributed by atoms with E-state index in [0.717, 1.165) is 25.3 Å². The maximum atomic E-state index is 5.47. The first kappa shape index (κ1) is 19.3. The summed E-state index contributed by atoms with van der Waals surface area (Å²) in [5.41, 5.74) is 4.82. The molecule has 0 saturated heterocycles. The van der Waals surface area contributed by atoms with Crippen molar-refractivity contribution in [2.45, 2.75) is 71.2 Å². The first-order chi connectivity index (χ1) is 12.5. The van der Waals surface area contributed by atoms with Crippen LogP contribution in [0.15, 0.2) is 12.3 Å². The average Bonchev–Trinajstić information content (AvgIpc) is 3.36. The van der Waals surface area contributed by atoms with E-state index in [0.29, 0.717) is 18.6 Å². The molecule has 3 rings (SSSR count). The van der Waals surface area contributed by atoms with Gasteiger partial charge in [0.25, 0.3) is 0 Å². The molecule has 1 saturated carbocycles. The van der Waals surface area contributed by atoms with Crippen LogP contribution in [0.4, 0.5) is 0 Å². The van der Waals surface area contributed by atoms with E-state index in [1.165, 1.54) is 35.0 Å². The van der Waals surface area contributed by atoms with Crippen molar-refractivity contribution in [3.63, 3.8) is 0 Å². The fourth-order valence-corrected chi connectivity index (χ4v) is 3.61. The molecule has 0 aromatic carbocycles. The number of fused-ring (bicyclic) bond motifs is 1. The zero-order valence-corrected chi connectivity index (χ0v) is 16.8. The van der Waals surface area contributed by atoms with Gasteiger partial charge in [-0.25, -0.2) is 0 Å². The largest absolute Gasteiger partial charge is 0.385 e. The van der Waals surface area contributed by atoms with Gasteiger partial charge in [-0.2, -0.15) is 0 Å². The summed E-state index contributed by atoms with van der Waals surface area (Å²) < 4.78 is 13.1. The van der Waals surface area contributed by atoms with Crippen molar-refractivity contribution in [2.75, 3.05) is 20.8 Å². The standard InChI is InChI=1S/C21H33N3O2/c1-14(2)21-20-16(13-26-5)12-24(9-6-10-25-4)19(20)11-18(23-21)15(3)22-17-7-8-17/h11-12,14-15,17,22H,6-10,13H2,1-5H3. The Bertz CT molecular complexity index is 734. The first-order valence-corrected chi connectivity index (χ1v) is 9.81. The normalized spacial score (nSPS) is 15.9. The minimum absolute atomic E-state index is 0.276. The van der Waals surface area contributed by atoms with Gasteiger partial charge in [-0.1, -0.05) is 13.8 Å². The average molecular weight is 360 g/mol. The van der Waals surface area contributed by atoms with Crippen molar-refractivity contribution in [2.24, 2.45) is 0 Å². The van der Waals surface area contributed by atoms with Gasteiger partial charge in [-0.15, -0.1) is 0 Å². The zero-order valence-electron chi connectivity index (χ0n) is 16.8. The van der Waals surface area contributed by atoms with E-state index in [1.807, 2.05) is 0 Å². The lowest BCUT2D eigenvalue weighted by Gasteiger charge is -2.17. The Morgan fingerprint density at radius 3 is 2.62 bits per heavy atom. The summed E-state index contributed by atoms with van der Waals surface area (Å²) in [6.45, 7) is 9.01. The monoisotopic (exact) mass is 359 g/mol. The van der Waals surface area contributed by atoms with Crippen LogP contribution in [0.1, 0.15) is 68.9 Å². The molecule has 1 aliphatic carbocycles. The van der Waals surface area contributed by atoms with Gasteiger partial charge in [-0.05, 0) is 38.2 Å². The fraction of sp³-hybridized carbons (Fsp3) is 0.667. The van der Waals surface area contributed by atoms with Crippen molar-refractivity contribution in [1.29, 1.82) is 0 Å². The lowest BCUT2D eigenvalue weighted by atomic mass is 10.0. The highest BCUT2D eigenvalue weighted by Crippen LogP contribution is 2.32. The van der Waals surface area contributed by atoms with Crippen LogP contribution in [0.2, 0.25) is 0 Å². The maximum absolute atomic E-state index is 5.47. The highest BCUT2D eigenvalue weighted by atomic mass is 16.5. The molecule has 1 aliphatic rings. The lowest BCUT2D eigenvalue weighted by Crippen LogP contribution is -2.22. The number of hydrogen-bond acceptors (Lipinski definition) is 4. The van der Waals surface area contributed by atoms with Gasteiger partial charge in [-0.3, -0.25) is 4.98 Å². The highest BCUT2D eigenvalue weighted by Gasteiger charge is 2.25. The van der Waals surface area contributed by atoms with Crippen molar-refractivity contribution in [3.8, 4) is 0 Å². The summed E-state index contributed by atoms with van der Waals surface area (Å²) in [6.07, 6.45) is 5.81. The third-order valence-corrected chi connectivity index (χ3v) is 5.09. The summed E-state index contributed by atoms with van der Waals surface area (Å²) in [6, 6.07) is 3.22. The van der Waals surface area contributed by atoms with Crippen LogP contribution in [-0.2, 0) is 22.6 Å². The van der Waals surface area contributed by atoms with Gasteiger partial charge >= 0.3 is 0 Å². The van der Waals surface area contributed by atoms with Gasteiger partial charge in [0, 0.05) is 56.6 Å². The molecule has 26 heavy (non-hydrogen) atoms. The number of rotatable bonds is 10. The summed E-state index contributed by atoms with van der Waals surface area (Å²) in [5.74, 6) is 0.371. The van der Waals surface area contributed by atoms with Gasteiger partial charge in [0.1, 0.15) is 0 Å². The second-order valence-corrected chi connectivity index (χ2v) is 7.77. The molecule has 1 atom stereocenters. The Morgan fingerprint density at radius 2 is 2.00 bits per heavy atom. The van der Waals surface area contributed by atoms with Gasteiger partial charge in [0.05, 0.1) is 23.5 Å². The molecule has 0 aliphatic heterocycles. The summed E-state index contributed by atoms with van der Waals surface area (Å²) in [7, 11) is 3.51. The van der Waals surface area contributed by atoms with Crippen molar-refractivity contribution in [3.05, 3.63) is 29.2 Å². The molecule has 144 valence electrons. The van der Waals surface area contributed by atoms with E-state index >= 15 is 0 Å². The number of aromatic nitrogens is 2. The van der Waals surface area contributed by atoms with E-state index in [9.17, 15) is 0 Å². The van der Waals surface area contributed by atoms with Gasteiger partial charge in [0.15, 0.2) is 0 Å². The Morgan fingerprint density at radius 1 is 1.23 bits per heavy atom. The predicted molar refractivity (Wildman–Crippen MR) is 106 cm³/mol. The first-order valence-electron chi connectivity index (χ1n) is 9.81. The number of methoxy groups -OCH3 is 2. The molecule has 5 nitrogen and oxygen atoms in total. The molecule has 1 unspecified atom stereocenters. The van der Waals surface area contributed by atoms with Gasteiger partial charge < -0.3 is 19.4 Å². The smallest absolute Gasteiger partial charge is 0.0734 e. The van der Waals surface area contributed by atoms with E-state index in [2.05, 4.69) is 42.9 Å². The minimum Gasteiger partial charge on any atom is -0.385 e. The predicted octanol–water partition coefficient (Wildman–Crippen LogP) is 4.16. The summed E-state index contributed by atoms with van der Waals surface area (Å²) >= 11 is 0. The Hall–Kier alpha value is -1.43. The molecule has 0 amide bonds. The van der Waals surface area contributed by atoms with E-state index in [-0.39, 0.29) is 6.04 Å². The number of nitrogens with zero attached hydrogens (tertiary/aromatic N) is 2. The van der Waals surface area contributed by atoms with Crippen molar-refractivity contribution in [1.82, 2.24) is 14.9 Å². The van der Waals surface area contributed by atoms with E-state index in [1.54, 1.807) is 14.2 Å². The number of nitrogens with one attached hydrogen (secondary N) is 1. The Labute approximate surface area is 157 Å². The third kappa shape index (κ3) is 4.27. The van der Waals surface area contributed by atoms with Crippen LogP contribution < -0.4 is 5.32 Å². The second kappa shape index (κ2) is 8.51. The summed E-state index contributed by atoms with van der Waals surface area (Å²) in [5, 5.41) is 4.95. The number of pyridine rings is 1. The molecule has 1 fully saturated rings. The Kier molecular flexibility index (Phi) is 6.33. The molecule has 2 aromatic heterocycles. The molecule has 2 heterocycles. The van der Waals surface area contributed by atoms with E-state index < -0.39 is 0 Å². The number of aryl methyl sites for hydroxylation is 1. The van der Waals surface area contributed by atoms with Crippen LogP contribution in [0.25, 0.3) is 10.9 Å². The van der Waals surface area contributed by atoms with E-state index in [4.69, 9.17) is 14.5 Å². The molecular weight excluding hydrogens is 326 g/mol. The quantitative estimate of drug-likeness (QED) is 0.647. The fourth-order valence-electron chi connectivity index (χ4n) is 3.61. The third-order valence-electron chi connectivity index (χ3n) is 5.09. The topological polar surface area (TPSA) is 48.3 Å². The van der Waals surface area contributed by atoms with Crippen molar-refractivity contribution >= 4 is 10.9 Å². The maximum Gasteiger partial charge on any atom is 0.0734 e.